The highest BCUT2D eigenvalue weighted by atomic mass is 16.6. The van der Waals surface area contributed by atoms with E-state index >= 15 is 0 Å². The molecule has 0 amide bonds. The lowest BCUT2D eigenvalue weighted by Gasteiger charge is -2.08. The third kappa shape index (κ3) is 3.91. The van der Waals surface area contributed by atoms with E-state index in [4.69, 9.17) is 9.15 Å². The molecule has 2 heterocycles. The van der Waals surface area contributed by atoms with Crippen molar-refractivity contribution in [1.29, 1.82) is 0 Å². The Kier molecular flexibility index (Phi) is 5.08. The quantitative estimate of drug-likeness (QED) is 0.453. The van der Waals surface area contributed by atoms with Gasteiger partial charge in [-0.15, -0.1) is 0 Å². The van der Waals surface area contributed by atoms with Gasteiger partial charge < -0.3 is 14.5 Å². The maximum absolute atomic E-state index is 11.2. The molecule has 0 unspecified atom stereocenters. The Balaban J connectivity index is 2.15. The van der Waals surface area contributed by atoms with Crippen LogP contribution in [0, 0.1) is 10.1 Å². The lowest BCUT2D eigenvalue weighted by atomic mass is 10.3. The monoisotopic (exact) mass is 292 g/mol. The van der Waals surface area contributed by atoms with Crippen LogP contribution in [0.1, 0.15) is 25.5 Å². The molecule has 0 spiro atoms. The second-order valence-electron chi connectivity index (χ2n) is 4.27. The first kappa shape index (κ1) is 14.8. The third-order valence-electron chi connectivity index (χ3n) is 2.72. The molecule has 0 aromatic carbocycles. The Morgan fingerprint density at radius 2 is 2.33 bits per heavy atom. The number of ether oxygens (including phenoxy) is 1. The fraction of sp³-hybridized carbons (Fsp3) is 0.385. The second-order valence-corrected chi connectivity index (χ2v) is 4.27. The highest BCUT2D eigenvalue weighted by Crippen LogP contribution is 2.31. The number of nitrogens with one attached hydrogen (secondary N) is 1. The van der Waals surface area contributed by atoms with Crippen LogP contribution in [-0.2, 0) is 6.54 Å². The minimum Gasteiger partial charge on any atom is -0.473 e. The molecule has 0 aliphatic carbocycles. The standard InChI is InChI=1S/C13H16N4O4/c1-2-3-6-21-13-11(17(18)19)12(15-9-16-13)14-8-10-5-4-7-20-10/h4-5,7,9H,2-3,6,8H2,1H3,(H,14,15,16). The number of hydrogen-bond acceptors (Lipinski definition) is 7. The molecule has 8 heteroatoms. The number of aromatic nitrogens is 2. The first-order chi connectivity index (χ1) is 10.2. The van der Waals surface area contributed by atoms with E-state index in [-0.39, 0.29) is 17.4 Å². The highest BCUT2D eigenvalue weighted by molar-refractivity contribution is 5.61. The number of nitro groups is 1. The summed E-state index contributed by atoms with van der Waals surface area (Å²) < 4.78 is 10.5. The molecule has 0 atom stereocenters. The van der Waals surface area contributed by atoms with Crippen molar-refractivity contribution in [2.75, 3.05) is 11.9 Å². The SMILES string of the molecule is CCCCOc1ncnc(NCc2ccco2)c1[N+](=O)[O-]. The molecule has 2 rings (SSSR count). The molecular formula is C13H16N4O4. The smallest absolute Gasteiger partial charge is 0.372 e. The summed E-state index contributed by atoms with van der Waals surface area (Å²) in [5.41, 5.74) is -0.264. The molecule has 1 N–H and O–H groups in total. The van der Waals surface area contributed by atoms with Crippen molar-refractivity contribution >= 4 is 11.5 Å². The van der Waals surface area contributed by atoms with Gasteiger partial charge in [0, 0.05) is 0 Å². The molecule has 21 heavy (non-hydrogen) atoms. The molecule has 2 aromatic heterocycles. The van der Waals surface area contributed by atoms with Crippen LogP contribution >= 0.6 is 0 Å². The summed E-state index contributed by atoms with van der Waals surface area (Å²) in [5, 5.41) is 14.1. The predicted octanol–water partition coefficient (Wildman–Crippen LogP) is 2.77. The number of unbranched alkanes of at least 4 members (excludes halogenated alkanes) is 1. The maximum Gasteiger partial charge on any atom is 0.372 e. The summed E-state index contributed by atoms with van der Waals surface area (Å²) in [5.74, 6) is 0.736. The van der Waals surface area contributed by atoms with Crippen LogP contribution in [0.15, 0.2) is 29.1 Å². The number of hydrogen-bond donors (Lipinski definition) is 1. The molecule has 0 fully saturated rings. The summed E-state index contributed by atoms with van der Waals surface area (Å²) in [4.78, 5) is 18.4. The minimum atomic E-state index is -0.550. The lowest BCUT2D eigenvalue weighted by Crippen LogP contribution is -2.08. The van der Waals surface area contributed by atoms with Crippen molar-refractivity contribution in [3.8, 4) is 5.88 Å². The van der Waals surface area contributed by atoms with Crippen molar-refractivity contribution < 1.29 is 14.1 Å². The van der Waals surface area contributed by atoms with E-state index in [1.165, 1.54) is 12.6 Å². The van der Waals surface area contributed by atoms with E-state index in [0.29, 0.717) is 18.9 Å². The van der Waals surface area contributed by atoms with E-state index in [0.717, 1.165) is 12.8 Å². The largest absolute Gasteiger partial charge is 0.473 e. The fourth-order valence-corrected chi connectivity index (χ4v) is 1.66. The first-order valence-corrected chi connectivity index (χ1v) is 6.60. The van der Waals surface area contributed by atoms with Crippen LogP contribution in [0.2, 0.25) is 0 Å². The van der Waals surface area contributed by atoms with Gasteiger partial charge in [-0.1, -0.05) is 13.3 Å². The summed E-state index contributed by atoms with van der Waals surface area (Å²) in [7, 11) is 0. The van der Waals surface area contributed by atoms with E-state index in [2.05, 4.69) is 15.3 Å². The molecule has 2 aromatic rings. The zero-order valence-corrected chi connectivity index (χ0v) is 11.6. The number of rotatable bonds is 8. The van der Waals surface area contributed by atoms with Gasteiger partial charge in [0.15, 0.2) is 0 Å². The molecule has 8 nitrogen and oxygen atoms in total. The van der Waals surface area contributed by atoms with Crippen molar-refractivity contribution in [3.05, 3.63) is 40.6 Å². The van der Waals surface area contributed by atoms with Gasteiger partial charge in [0.2, 0.25) is 5.82 Å². The average molecular weight is 292 g/mol. The van der Waals surface area contributed by atoms with Crippen LogP contribution in [0.4, 0.5) is 11.5 Å². The normalized spacial score (nSPS) is 10.3. The van der Waals surface area contributed by atoms with Gasteiger partial charge in [-0.05, 0) is 18.6 Å². The van der Waals surface area contributed by atoms with Crippen LogP contribution < -0.4 is 10.1 Å². The second kappa shape index (κ2) is 7.22. The number of anilines is 1. The maximum atomic E-state index is 11.2. The number of nitrogens with zero attached hydrogens (tertiary/aromatic N) is 3. The Morgan fingerprint density at radius 3 is 3.00 bits per heavy atom. The molecule has 0 aliphatic rings. The van der Waals surface area contributed by atoms with Gasteiger partial charge in [0.05, 0.1) is 24.3 Å². The van der Waals surface area contributed by atoms with Crippen LogP contribution in [-0.4, -0.2) is 21.5 Å². The van der Waals surface area contributed by atoms with E-state index < -0.39 is 4.92 Å². The molecule has 112 valence electrons. The van der Waals surface area contributed by atoms with E-state index in [1.54, 1.807) is 12.1 Å². The van der Waals surface area contributed by atoms with Gasteiger partial charge in [0.1, 0.15) is 12.1 Å². The van der Waals surface area contributed by atoms with E-state index in [1.807, 2.05) is 6.92 Å². The lowest BCUT2D eigenvalue weighted by molar-refractivity contribution is -0.385. The van der Waals surface area contributed by atoms with Crippen molar-refractivity contribution in [2.45, 2.75) is 26.3 Å². The van der Waals surface area contributed by atoms with Gasteiger partial charge in [-0.3, -0.25) is 10.1 Å². The first-order valence-electron chi connectivity index (χ1n) is 6.60. The average Bonchev–Trinajstić information content (AvgIpc) is 2.98. The van der Waals surface area contributed by atoms with Crippen molar-refractivity contribution in [1.82, 2.24) is 9.97 Å². The predicted molar refractivity (Wildman–Crippen MR) is 75.1 cm³/mol. The molecule has 0 saturated carbocycles. The summed E-state index contributed by atoms with van der Waals surface area (Å²) in [6, 6.07) is 3.50. The fourth-order valence-electron chi connectivity index (χ4n) is 1.66. The van der Waals surface area contributed by atoms with Crippen LogP contribution in [0.5, 0.6) is 5.88 Å². The zero-order chi connectivity index (χ0) is 15.1. The van der Waals surface area contributed by atoms with Gasteiger partial charge in [-0.2, -0.15) is 4.98 Å². The molecule has 0 radical (unpaired) electrons. The molecular weight excluding hydrogens is 276 g/mol. The third-order valence-corrected chi connectivity index (χ3v) is 2.72. The van der Waals surface area contributed by atoms with Gasteiger partial charge >= 0.3 is 5.69 Å². The van der Waals surface area contributed by atoms with Crippen molar-refractivity contribution in [3.63, 3.8) is 0 Å². The molecule has 0 aliphatic heterocycles. The Labute approximate surface area is 121 Å². The molecule has 0 saturated heterocycles. The zero-order valence-electron chi connectivity index (χ0n) is 11.6. The van der Waals surface area contributed by atoms with E-state index in [9.17, 15) is 10.1 Å². The Bertz CT molecular complexity index is 586. The minimum absolute atomic E-state index is 0.0228. The van der Waals surface area contributed by atoms with Crippen LogP contribution in [0.25, 0.3) is 0 Å². The van der Waals surface area contributed by atoms with Gasteiger partial charge in [0.25, 0.3) is 5.88 Å². The highest BCUT2D eigenvalue weighted by Gasteiger charge is 2.24. The summed E-state index contributed by atoms with van der Waals surface area (Å²) in [6.45, 7) is 2.68. The van der Waals surface area contributed by atoms with Crippen LogP contribution in [0.3, 0.4) is 0 Å². The van der Waals surface area contributed by atoms with Gasteiger partial charge in [-0.25, -0.2) is 4.98 Å². The van der Waals surface area contributed by atoms with Crippen molar-refractivity contribution in [2.24, 2.45) is 0 Å². The molecule has 0 bridgehead atoms. The summed E-state index contributed by atoms with van der Waals surface area (Å²) in [6.07, 6.45) is 4.50. The summed E-state index contributed by atoms with van der Waals surface area (Å²) >= 11 is 0. The number of furan rings is 1. The topological polar surface area (TPSA) is 103 Å². The Hall–Kier alpha value is -2.64. The Morgan fingerprint density at radius 1 is 1.48 bits per heavy atom.